The number of para-hydroxylation sites is 1. The zero-order valence-electron chi connectivity index (χ0n) is 13.9. The van der Waals surface area contributed by atoms with E-state index in [1.807, 2.05) is 41.8 Å². The van der Waals surface area contributed by atoms with Gasteiger partial charge in [-0.25, -0.2) is 4.98 Å². The van der Waals surface area contributed by atoms with Crippen LogP contribution >= 0.6 is 11.3 Å². The number of benzene rings is 1. The lowest BCUT2D eigenvalue weighted by Gasteiger charge is -2.09. The highest BCUT2D eigenvalue weighted by Crippen LogP contribution is 2.22. The maximum absolute atomic E-state index is 12.1. The first kappa shape index (κ1) is 17.1. The van der Waals surface area contributed by atoms with Crippen LogP contribution in [0.1, 0.15) is 17.0 Å². The van der Waals surface area contributed by atoms with Crippen molar-refractivity contribution in [1.82, 2.24) is 15.3 Å². The lowest BCUT2D eigenvalue weighted by atomic mass is 10.2. The van der Waals surface area contributed by atoms with Crippen molar-refractivity contribution >= 4 is 17.2 Å². The largest absolute Gasteiger partial charge is 0.496 e. The van der Waals surface area contributed by atoms with Gasteiger partial charge in [-0.15, -0.1) is 11.3 Å². The number of amides is 1. The fourth-order valence-corrected chi connectivity index (χ4v) is 3.24. The van der Waals surface area contributed by atoms with E-state index in [0.717, 1.165) is 27.6 Å². The van der Waals surface area contributed by atoms with Crippen molar-refractivity contribution in [2.24, 2.45) is 0 Å². The molecule has 1 amide bonds. The van der Waals surface area contributed by atoms with E-state index in [0.29, 0.717) is 19.4 Å². The van der Waals surface area contributed by atoms with Gasteiger partial charge in [-0.05, 0) is 18.2 Å². The number of aromatic nitrogens is 2. The molecule has 1 aromatic carbocycles. The van der Waals surface area contributed by atoms with Gasteiger partial charge in [0.15, 0.2) is 0 Å². The molecule has 3 rings (SSSR count). The van der Waals surface area contributed by atoms with Crippen molar-refractivity contribution in [1.29, 1.82) is 0 Å². The van der Waals surface area contributed by atoms with Crippen LogP contribution in [0.4, 0.5) is 0 Å². The van der Waals surface area contributed by atoms with E-state index in [2.05, 4.69) is 15.3 Å². The fraction of sp³-hybridized carbons (Fsp3) is 0.211. The minimum absolute atomic E-state index is 0.00608. The Kier molecular flexibility index (Phi) is 5.74. The van der Waals surface area contributed by atoms with Crippen LogP contribution in [-0.2, 0) is 17.8 Å². The quantitative estimate of drug-likeness (QED) is 0.706. The topological polar surface area (TPSA) is 64.1 Å². The number of hydrogen-bond acceptors (Lipinski definition) is 5. The maximum Gasteiger partial charge on any atom is 0.220 e. The van der Waals surface area contributed by atoms with Crippen LogP contribution in [0.25, 0.3) is 11.3 Å². The van der Waals surface area contributed by atoms with Crippen molar-refractivity contribution in [3.63, 3.8) is 0 Å². The zero-order chi connectivity index (χ0) is 17.5. The molecule has 2 aromatic heterocycles. The molecular formula is C19H19N3O2S. The van der Waals surface area contributed by atoms with E-state index < -0.39 is 0 Å². The minimum atomic E-state index is 0.00608. The van der Waals surface area contributed by atoms with E-state index >= 15 is 0 Å². The highest BCUT2D eigenvalue weighted by molar-refractivity contribution is 7.09. The lowest BCUT2D eigenvalue weighted by molar-refractivity contribution is -0.121. The SMILES string of the molecule is COc1ccccc1CNC(=O)CCc1nc(-c2ccncc2)cs1. The van der Waals surface area contributed by atoms with Gasteiger partial charge in [-0.3, -0.25) is 9.78 Å². The summed E-state index contributed by atoms with van der Waals surface area (Å²) in [5, 5.41) is 5.90. The summed E-state index contributed by atoms with van der Waals surface area (Å²) >= 11 is 1.58. The summed E-state index contributed by atoms with van der Waals surface area (Å²) in [5.74, 6) is 0.788. The van der Waals surface area contributed by atoms with Gasteiger partial charge in [0.1, 0.15) is 5.75 Å². The van der Waals surface area contributed by atoms with Crippen LogP contribution in [0.15, 0.2) is 54.2 Å². The van der Waals surface area contributed by atoms with Crippen molar-refractivity contribution in [2.45, 2.75) is 19.4 Å². The predicted molar refractivity (Wildman–Crippen MR) is 98.5 cm³/mol. The van der Waals surface area contributed by atoms with Crippen LogP contribution in [0.5, 0.6) is 5.75 Å². The van der Waals surface area contributed by atoms with Gasteiger partial charge >= 0.3 is 0 Å². The molecule has 0 saturated heterocycles. The van der Waals surface area contributed by atoms with Crippen molar-refractivity contribution in [3.05, 3.63) is 64.7 Å². The number of nitrogens with one attached hydrogen (secondary N) is 1. The average molecular weight is 353 g/mol. The molecule has 0 aliphatic heterocycles. The van der Waals surface area contributed by atoms with Crippen LogP contribution in [0.3, 0.4) is 0 Å². The summed E-state index contributed by atoms with van der Waals surface area (Å²) in [7, 11) is 1.63. The first-order valence-corrected chi connectivity index (χ1v) is 8.87. The van der Waals surface area contributed by atoms with E-state index in [9.17, 15) is 4.79 Å². The Morgan fingerprint density at radius 1 is 1.20 bits per heavy atom. The van der Waals surface area contributed by atoms with Gasteiger partial charge in [-0.1, -0.05) is 18.2 Å². The molecule has 0 bridgehead atoms. The van der Waals surface area contributed by atoms with Gasteiger partial charge < -0.3 is 10.1 Å². The molecule has 1 N–H and O–H groups in total. The molecule has 5 nitrogen and oxygen atoms in total. The molecule has 0 atom stereocenters. The summed E-state index contributed by atoms with van der Waals surface area (Å²) in [6.07, 6.45) is 4.55. The molecule has 0 unspecified atom stereocenters. The fourth-order valence-electron chi connectivity index (χ4n) is 2.43. The lowest BCUT2D eigenvalue weighted by Crippen LogP contribution is -2.23. The third-order valence-electron chi connectivity index (χ3n) is 3.76. The molecule has 0 spiro atoms. The van der Waals surface area contributed by atoms with Crippen molar-refractivity contribution < 1.29 is 9.53 Å². The highest BCUT2D eigenvalue weighted by Gasteiger charge is 2.08. The van der Waals surface area contributed by atoms with Crippen LogP contribution < -0.4 is 10.1 Å². The van der Waals surface area contributed by atoms with Crippen LogP contribution in [0.2, 0.25) is 0 Å². The molecule has 25 heavy (non-hydrogen) atoms. The molecule has 3 aromatic rings. The first-order chi connectivity index (χ1) is 12.3. The number of aryl methyl sites for hydroxylation is 1. The number of pyridine rings is 1. The Hall–Kier alpha value is -2.73. The van der Waals surface area contributed by atoms with Gasteiger partial charge in [0.25, 0.3) is 0 Å². The summed E-state index contributed by atoms with van der Waals surface area (Å²) < 4.78 is 5.29. The Morgan fingerprint density at radius 2 is 2.00 bits per heavy atom. The second-order valence-corrected chi connectivity index (χ2v) is 6.39. The number of nitrogens with zero attached hydrogens (tertiary/aromatic N) is 2. The van der Waals surface area contributed by atoms with Gasteiger partial charge in [0, 0.05) is 48.3 Å². The number of thiazole rings is 1. The van der Waals surface area contributed by atoms with E-state index in [1.54, 1.807) is 30.8 Å². The number of ether oxygens (including phenoxy) is 1. The number of rotatable bonds is 7. The molecule has 0 radical (unpaired) electrons. The Bertz CT molecular complexity index is 833. The number of methoxy groups -OCH3 is 1. The molecule has 0 aliphatic rings. The van der Waals surface area contributed by atoms with Crippen LogP contribution in [-0.4, -0.2) is 23.0 Å². The Labute approximate surface area is 150 Å². The zero-order valence-corrected chi connectivity index (χ0v) is 14.8. The second kappa shape index (κ2) is 8.39. The second-order valence-electron chi connectivity index (χ2n) is 5.45. The van der Waals surface area contributed by atoms with Gasteiger partial charge in [-0.2, -0.15) is 0 Å². The van der Waals surface area contributed by atoms with Crippen molar-refractivity contribution in [2.75, 3.05) is 7.11 Å². The van der Waals surface area contributed by atoms with Gasteiger partial charge in [0.2, 0.25) is 5.91 Å². The molecule has 128 valence electrons. The Morgan fingerprint density at radius 3 is 2.80 bits per heavy atom. The minimum Gasteiger partial charge on any atom is -0.496 e. The van der Waals surface area contributed by atoms with Gasteiger partial charge in [0.05, 0.1) is 17.8 Å². The Balaban J connectivity index is 1.50. The molecule has 2 heterocycles. The molecular weight excluding hydrogens is 334 g/mol. The molecule has 6 heteroatoms. The predicted octanol–water partition coefficient (Wildman–Crippen LogP) is 3.46. The maximum atomic E-state index is 12.1. The monoisotopic (exact) mass is 353 g/mol. The van der Waals surface area contributed by atoms with Crippen molar-refractivity contribution in [3.8, 4) is 17.0 Å². The average Bonchev–Trinajstić information content (AvgIpc) is 3.14. The summed E-state index contributed by atoms with van der Waals surface area (Å²) in [4.78, 5) is 20.7. The summed E-state index contributed by atoms with van der Waals surface area (Å²) in [6.45, 7) is 0.461. The molecule has 0 saturated carbocycles. The van der Waals surface area contributed by atoms with E-state index in [1.165, 1.54) is 0 Å². The smallest absolute Gasteiger partial charge is 0.220 e. The molecule has 0 aliphatic carbocycles. The highest BCUT2D eigenvalue weighted by atomic mass is 32.1. The standard InChI is InChI=1S/C19H19N3O2S/c1-24-17-5-3-2-4-15(17)12-21-18(23)6-7-19-22-16(13-25-19)14-8-10-20-11-9-14/h2-5,8-11,13H,6-7,12H2,1H3,(H,21,23). The number of carbonyl (C=O) groups excluding carboxylic acids is 1. The summed E-state index contributed by atoms with van der Waals surface area (Å²) in [6, 6.07) is 11.5. The summed E-state index contributed by atoms with van der Waals surface area (Å²) in [5.41, 5.74) is 2.93. The van der Waals surface area contributed by atoms with E-state index in [4.69, 9.17) is 4.74 Å². The normalized spacial score (nSPS) is 10.4. The number of carbonyl (C=O) groups is 1. The third kappa shape index (κ3) is 4.64. The molecule has 0 fully saturated rings. The third-order valence-corrected chi connectivity index (χ3v) is 4.67. The number of hydrogen-bond donors (Lipinski definition) is 1. The van der Waals surface area contributed by atoms with E-state index in [-0.39, 0.29) is 5.91 Å². The van der Waals surface area contributed by atoms with Crippen LogP contribution in [0, 0.1) is 0 Å². The first-order valence-electron chi connectivity index (χ1n) is 7.99.